The van der Waals surface area contributed by atoms with Gasteiger partial charge in [0.2, 0.25) is 5.60 Å². The average molecular weight is 434 g/mol. The number of fused-ring (bicyclic) bond motifs is 4. The van der Waals surface area contributed by atoms with Gasteiger partial charge in [0.25, 0.3) is 0 Å². The molecule has 6 rings (SSSR count). The van der Waals surface area contributed by atoms with E-state index in [0.29, 0.717) is 24.5 Å². The third-order valence-corrected chi connectivity index (χ3v) is 7.62. The third-order valence-electron chi connectivity index (χ3n) is 7.62. The van der Waals surface area contributed by atoms with Crippen LogP contribution in [0.1, 0.15) is 62.9 Å². The molecule has 0 saturated carbocycles. The SMILES string of the molecule is CC(=O)O[C@@H]1CC(C2(C)CO2)[C@H](O)c2oc(cc2C)[C@H]2O[C@]2(C)C[C@@H]2OC(=O)[C@]13O[C@@H]23. The van der Waals surface area contributed by atoms with Crippen LogP contribution in [0.3, 0.4) is 0 Å². The second-order valence-electron chi connectivity index (χ2n) is 9.97. The van der Waals surface area contributed by atoms with E-state index in [0.717, 1.165) is 5.56 Å². The second kappa shape index (κ2) is 5.89. The molecule has 4 fully saturated rings. The maximum atomic E-state index is 12.9. The van der Waals surface area contributed by atoms with E-state index in [1.807, 2.05) is 26.8 Å². The van der Waals surface area contributed by atoms with Gasteiger partial charge in [0.15, 0.2) is 0 Å². The molecule has 5 aliphatic rings. The Bertz CT molecular complexity index is 980. The lowest BCUT2D eigenvalue weighted by molar-refractivity contribution is -0.167. The van der Waals surface area contributed by atoms with Gasteiger partial charge in [0.05, 0.1) is 12.2 Å². The molecule has 0 aliphatic carbocycles. The Morgan fingerprint density at radius 2 is 2.00 bits per heavy atom. The number of hydrogen-bond donors (Lipinski definition) is 1. The number of carbonyl (C=O) groups excluding carboxylic acids is 2. The summed E-state index contributed by atoms with van der Waals surface area (Å²) in [7, 11) is 0. The van der Waals surface area contributed by atoms with Crippen molar-refractivity contribution in [3.63, 3.8) is 0 Å². The zero-order chi connectivity index (χ0) is 21.9. The number of epoxide rings is 3. The van der Waals surface area contributed by atoms with Crippen molar-refractivity contribution in [3.05, 3.63) is 23.2 Å². The van der Waals surface area contributed by atoms with Crippen molar-refractivity contribution in [2.45, 2.75) is 87.9 Å². The van der Waals surface area contributed by atoms with E-state index >= 15 is 0 Å². The molecule has 5 aliphatic heterocycles. The van der Waals surface area contributed by atoms with E-state index in [1.165, 1.54) is 6.92 Å². The van der Waals surface area contributed by atoms with Crippen LogP contribution in [0.15, 0.2) is 10.5 Å². The highest BCUT2D eigenvalue weighted by Crippen LogP contribution is 2.60. The Hall–Kier alpha value is -1.94. The zero-order valence-corrected chi connectivity index (χ0v) is 17.9. The largest absolute Gasteiger partial charge is 0.460 e. The van der Waals surface area contributed by atoms with Gasteiger partial charge in [-0.3, -0.25) is 4.79 Å². The van der Waals surface area contributed by atoms with Crippen molar-refractivity contribution in [3.8, 4) is 0 Å². The molecule has 4 saturated heterocycles. The molecule has 31 heavy (non-hydrogen) atoms. The molecular weight excluding hydrogens is 408 g/mol. The number of furan rings is 1. The van der Waals surface area contributed by atoms with Gasteiger partial charge in [0, 0.05) is 19.3 Å². The highest BCUT2D eigenvalue weighted by molar-refractivity contribution is 5.88. The van der Waals surface area contributed by atoms with Gasteiger partial charge in [-0.05, 0) is 38.8 Å². The summed E-state index contributed by atoms with van der Waals surface area (Å²) in [5, 5.41) is 11.4. The molecule has 0 spiro atoms. The van der Waals surface area contributed by atoms with E-state index in [2.05, 4.69) is 0 Å². The van der Waals surface area contributed by atoms with Gasteiger partial charge in [-0.1, -0.05) is 0 Å². The first-order valence-electron chi connectivity index (χ1n) is 10.7. The number of esters is 2. The van der Waals surface area contributed by atoms with Crippen LogP contribution in [0.2, 0.25) is 0 Å². The van der Waals surface area contributed by atoms with Crippen LogP contribution in [0.25, 0.3) is 0 Å². The summed E-state index contributed by atoms with van der Waals surface area (Å²) >= 11 is 0. The second-order valence-corrected chi connectivity index (χ2v) is 9.97. The van der Waals surface area contributed by atoms with Crippen molar-refractivity contribution in [2.24, 2.45) is 5.92 Å². The van der Waals surface area contributed by atoms with E-state index in [4.69, 9.17) is 28.1 Å². The summed E-state index contributed by atoms with van der Waals surface area (Å²) < 4.78 is 34.9. The van der Waals surface area contributed by atoms with Gasteiger partial charge in [-0.2, -0.15) is 0 Å². The fraction of sp³-hybridized carbons (Fsp3) is 0.727. The maximum Gasteiger partial charge on any atom is 0.345 e. The highest BCUT2D eigenvalue weighted by Gasteiger charge is 2.79. The van der Waals surface area contributed by atoms with Gasteiger partial charge in [-0.15, -0.1) is 0 Å². The van der Waals surface area contributed by atoms with Gasteiger partial charge < -0.3 is 33.2 Å². The third kappa shape index (κ3) is 2.70. The molecule has 9 nitrogen and oxygen atoms in total. The number of ether oxygens (including phenoxy) is 5. The lowest BCUT2D eigenvalue weighted by atomic mass is 9.79. The molecule has 1 N–H and O–H groups in total. The first-order chi connectivity index (χ1) is 14.6. The molecule has 4 bridgehead atoms. The fourth-order valence-electron chi connectivity index (χ4n) is 5.58. The van der Waals surface area contributed by atoms with Crippen LogP contribution in [-0.4, -0.2) is 58.8 Å². The molecule has 9 heteroatoms. The van der Waals surface area contributed by atoms with Crippen molar-refractivity contribution >= 4 is 11.9 Å². The number of aliphatic hydroxyl groups excluding tert-OH is 1. The summed E-state index contributed by atoms with van der Waals surface area (Å²) in [5.74, 6) is -0.478. The molecule has 9 atom stereocenters. The summed E-state index contributed by atoms with van der Waals surface area (Å²) in [4.78, 5) is 24.9. The first kappa shape index (κ1) is 19.7. The molecule has 1 aromatic heterocycles. The van der Waals surface area contributed by atoms with Crippen LogP contribution >= 0.6 is 0 Å². The van der Waals surface area contributed by atoms with Crippen LogP contribution in [-0.2, 0) is 33.3 Å². The Labute approximate surface area is 178 Å². The van der Waals surface area contributed by atoms with Crippen molar-refractivity contribution < 1.29 is 42.8 Å². The number of hydrogen-bond acceptors (Lipinski definition) is 9. The van der Waals surface area contributed by atoms with Gasteiger partial charge in [0.1, 0.15) is 47.6 Å². The zero-order valence-electron chi connectivity index (χ0n) is 17.9. The molecule has 2 unspecified atom stereocenters. The van der Waals surface area contributed by atoms with Gasteiger partial charge in [-0.25, -0.2) is 4.79 Å². The average Bonchev–Trinajstić information content (AvgIpc) is 3.62. The summed E-state index contributed by atoms with van der Waals surface area (Å²) in [6, 6.07) is 1.88. The Kier molecular flexibility index (Phi) is 3.75. The molecule has 0 radical (unpaired) electrons. The fourth-order valence-corrected chi connectivity index (χ4v) is 5.58. The van der Waals surface area contributed by atoms with Crippen molar-refractivity contribution in [1.29, 1.82) is 0 Å². The molecule has 1 aromatic rings. The lowest BCUT2D eigenvalue weighted by Crippen LogP contribution is -2.44. The standard InChI is InChI=1S/C22H26O9/c1-9-5-12-17-20(3,30-17)7-13-18-22(31-18,19(25)29-13)14(27-10(2)23)6-11(21(4)8-26-21)15(24)16(9)28-12/h5,11,13-15,17-18,24H,6-8H2,1-4H3/t11?,13-,14+,15-,17+,18-,20+,21?,22-/m0/s1. The van der Waals surface area contributed by atoms with E-state index in [9.17, 15) is 14.7 Å². The number of aliphatic hydroxyl groups is 1. The minimum absolute atomic E-state index is 0.169. The van der Waals surface area contributed by atoms with Crippen LogP contribution in [0, 0.1) is 12.8 Å². The predicted octanol–water partition coefficient (Wildman–Crippen LogP) is 1.65. The molecule has 0 aromatic carbocycles. The minimum Gasteiger partial charge on any atom is -0.460 e. The summed E-state index contributed by atoms with van der Waals surface area (Å²) in [6.07, 6.45) is -2.65. The molecule has 0 amide bonds. The predicted molar refractivity (Wildman–Crippen MR) is 101 cm³/mol. The number of aryl methyl sites for hydroxylation is 1. The Morgan fingerprint density at radius 1 is 1.26 bits per heavy atom. The lowest BCUT2D eigenvalue weighted by Gasteiger charge is -2.30. The summed E-state index contributed by atoms with van der Waals surface area (Å²) in [5.41, 5.74) is -1.75. The van der Waals surface area contributed by atoms with E-state index in [-0.39, 0.29) is 12.5 Å². The Balaban J connectivity index is 1.45. The van der Waals surface area contributed by atoms with Crippen LogP contribution < -0.4 is 0 Å². The quantitative estimate of drug-likeness (QED) is 0.546. The topological polar surface area (TPSA) is 124 Å². The van der Waals surface area contributed by atoms with Crippen molar-refractivity contribution in [2.75, 3.05) is 6.61 Å². The first-order valence-corrected chi connectivity index (χ1v) is 10.7. The van der Waals surface area contributed by atoms with Gasteiger partial charge >= 0.3 is 11.9 Å². The molecular formula is C22H26O9. The normalized spacial score (nSPS) is 49.5. The smallest absolute Gasteiger partial charge is 0.345 e. The maximum absolute atomic E-state index is 12.9. The monoisotopic (exact) mass is 434 g/mol. The highest BCUT2D eigenvalue weighted by atomic mass is 16.7. The minimum atomic E-state index is -1.35. The Morgan fingerprint density at radius 3 is 2.65 bits per heavy atom. The number of carbonyl (C=O) groups is 2. The molecule has 168 valence electrons. The molecule has 6 heterocycles. The van der Waals surface area contributed by atoms with Crippen LogP contribution in [0.4, 0.5) is 0 Å². The number of rotatable bonds is 2. The van der Waals surface area contributed by atoms with E-state index < -0.39 is 59.1 Å². The van der Waals surface area contributed by atoms with Crippen molar-refractivity contribution in [1.82, 2.24) is 0 Å². The van der Waals surface area contributed by atoms with Crippen LogP contribution in [0.5, 0.6) is 0 Å². The van der Waals surface area contributed by atoms with E-state index in [1.54, 1.807) is 0 Å². The summed E-state index contributed by atoms with van der Waals surface area (Å²) in [6.45, 7) is 7.45.